The molecule has 3 rings (SSSR count). The van der Waals surface area contributed by atoms with Crippen LogP contribution in [-0.4, -0.2) is 45.9 Å². The van der Waals surface area contributed by atoms with Crippen molar-refractivity contribution in [2.75, 3.05) is 32.6 Å². The van der Waals surface area contributed by atoms with Gasteiger partial charge in [0.2, 0.25) is 10.0 Å². The van der Waals surface area contributed by atoms with Gasteiger partial charge in [0.1, 0.15) is 13.2 Å². The zero-order valence-electron chi connectivity index (χ0n) is 14.2. The molecular weight excluding hydrogens is 424 g/mol. The minimum atomic E-state index is -3.62. The van der Waals surface area contributed by atoms with E-state index in [0.29, 0.717) is 34.9 Å². The summed E-state index contributed by atoms with van der Waals surface area (Å²) in [5.74, 6) is 0.706. The van der Waals surface area contributed by atoms with E-state index in [9.17, 15) is 13.2 Å². The molecule has 1 aliphatic heterocycles. The van der Waals surface area contributed by atoms with Crippen molar-refractivity contribution in [2.45, 2.75) is 4.90 Å². The van der Waals surface area contributed by atoms with Gasteiger partial charge in [-0.25, -0.2) is 12.7 Å². The van der Waals surface area contributed by atoms with Gasteiger partial charge in [-0.05, 0) is 34.1 Å². The molecular formula is C17H17BrN2O5S. The maximum atomic E-state index is 12.6. The number of anilines is 1. The van der Waals surface area contributed by atoms with Crippen LogP contribution in [-0.2, 0) is 10.0 Å². The second-order valence-corrected chi connectivity index (χ2v) is 8.75. The number of carbonyl (C=O) groups is 1. The fourth-order valence-corrected chi connectivity index (χ4v) is 3.73. The van der Waals surface area contributed by atoms with Crippen molar-refractivity contribution in [1.29, 1.82) is 0 Å². The van der Waals surface area contributed by atoms with Gasteiger partial charge in [0.05, 0.1) is 10.6 Å². The fraction of sp³-hybridized carbons (Fsp3) is 0.235. The first-order chi connectivity index (χ1) is 12.3. The Hall–Kier alpha value is -2.10. The Morgan fingerprint density at radius 2 is 1.77 bits per heavy atom. The largest absolute Gasteiger partial charge is 0.486 e. The number of fused-ring (bicyclic) bond motifs is 1. The van der Waals surface area contributed by atoms with Crippen LogP contribution in [0.1, 0.15) is 10.4 Å². The number of carbonyl (C=O) groups excluding carboxylic acids is 1. The van der Waals surface area contributed by atoms with Gasteiger partial charge < -0.3 is 14.8 Å². The van der Waals surface area contributed by atoms with Crippen LogP contribution in [0, 0.1) is 0 Å². The van der Waals surface area contributed by atoms with Crippen molar-refractivity contribution >= 4 is 37.5 Å². The Labute approximate surface area is 160 Å². The lowest BCUT2D eigenvalue weighted by atomic mass is 10.2. The summed E-state index contributed by atoms with van der Waals surface area (Å²) in [5, 5.41) is 2.75. The summed E-state index contributed by atoms with van der Waals surface area (Å²) >= 11 is 3.39. The minimum absolute atomic E-state index is 0.0522. The average Bonchev–Trinajstić information content (AvgIpc) is 2.62. The van der Waals surface area contributed by atoms with Gasteiger partial charge in [-0.3, -0.25) is 4.79 Å². The molecule has 26 heavy (non-hydrogen) atoms. The number of nitrogens with one attached hydrogen (secondary N) is 1. The first-order valence-electron chi connectivity index (χ1n) is 7.72. The fourth-order valence-electron chi connectivity index (χ4n) is 2.36. The van der Waals surface area contributed by atoms with E-state index in [2.05, 4.69) is 21.2 Å². The third kappa shape index (κ3) is 3.69. The van der Waals surface area contributed by atoms with Crippen molar-refractivity contribution in [1.82, 2.24) is 4.31 Å². The Balaban J connectivity index is 1.87. The van der Waals surface area contributed by atoms with E-state index in [1.807, 2.05) is 0 Å². The Kier molecular flexibility index (Phi) is 5.22. The summed E-state index contributed by atoms with van der Waals surface area (Å²) in [6.07, 6.45) is 0. The minimum Gasteiger partial charge on any atom is -0.486 e. The summed E-state index contributed by atoms with van der Waals surface area (Å²) in [4.78, 5) is 12.6. The zero-order chi connectivity index (χ0) is 18.9. The molecule has 2 aromatic carbocycles. The van der Waals surface area contributed by atoms with Crippen LogP contribution in [0.3, 0.4) is 0 Å². The highest BCUT2D eigenvalue weighted by molar-refractivity contribution is 9.10. The molecule has 2 aromatic rings. The number of hydrogen-bond donors (Lipinski definition) is 1. The van der Waals surface area contributed by atoms with Gasteiger partial charge in [0.15, 0.2) is 11.5 Å². The van der Waals surface area contributed by atoms with Crippen LogP contribution in [0.4, 0.5) is 5.69 Å². The topological polar surface area (TPSA) is 84.9 Å². The highest BCUT2D eigenvalue weighted by Crippen LogP contribution is 2.38. The zero-order valence-corrected chi connectivity index (χ0v) is 16.6. The third-order valence-corrected chi connectivity index (χ3v) is 6.22. The smallest absolute Gasteiger partial charge is 0.255 e. The maximum absolute atomic E-state index is 12.6. The number of sulfonamides is 1. The number of nitrogens with zero attached hydrogens (tertiary/aromatic N) is 1. The first-order valence-corrected chi connectivity index (χ1v) is 9.95. The molecule has 0 unspecified atom stereocenters. The highest BCUT2D eigenvalue weighted by Gasteiger charge is 2.20. The molecule has 0 atom stereocenters. The number of ether oxygens (including phenoxy) is 2. The molecule has 7 nitrogen and oxygen atoms in total. The molecule has 1 amide bonds. The van der Waals surface area contributed by atoms with Gasteiger partial charge >= 0.3 is 0 Å². The van der Waals surface area contributed by atoms with Crippen molar-refractivity contribution in [3.05, 3.63) is 46.4 Å². The Morgan fingerprint density at radius 1 is 1.12 bits per heavy atom. The predicted octanol–water partition coefficient (Wildman–Crippen LogP) is 2.72. The molecule has 9 heteroatoms. The van der Waals surface area contributed by atoms with Crippen molar-refractivity contribution in [3.8, 4) is 11.5 Å². The third-order valence-electron chi connectivity index (χ3n) is 3.75. The second-order valence-electron chi connectivity index (χ2n) is 5.75. The van der Waals surface area contributed by atoms with E-state index >= 15 is 0 Å². The maximum Gasteiger partial charge on any atom is 0.255 e. The summed E-state index contributed by atoms with van der Waals surface area (Å²) in [6, 6.07) is 9.26. The molecule has 0 aromatic heterocycles. The van der Waals surface area contributed by atoms with Gasteiger partial charge in [0, 0.05) is 36.3 Å². The average molecular weight is 441 g/mol. The number of benzene rings is 2. The monoisotopic (exact) mass is 440 g/mol. The van der Waals surface area contributed by atoms with E-state index in [0.717, 1.165) is 4.31 Å². The summed E-state index contributed by atoms with van der Waals surface area (Å²) in [7, 11) is -0.741. The summed E-state index contributed by atoms with van der Waals surface area (Å²) < 4.78 is 37.2. The molecule has 1 heterocycles. The number of halogens is 1. The van der Waals surface area contributed by atoms with Crippen molar-refractivity contribution < 1.29 is 22.7 Å². The number of amides is 1. The summed E-state index contributed by atoms with van der Waals surface area (Å²) in [5.41, 5.74) is 0.731. The first kappa shape index (κ1) is 18.7. The van der Waals surface area contributed by atoms with Gasteiger partial charge in [-0.15, -0.1) is 0 Å². The lowest BCUT2D eigenvalue weighted by Crippen LogP contribution is -2.23. The molecule has 0 bridgehead atoms. The van der Waals surface area contributed by atoms with E-state index in [-0.39, 0.29) is 10.5 Å². The Bertz CT molecular complexity index is 960. The highest BCUT2D eigenvalue weighted by atomic mass is 79.9. The molecule has 0 radical (unpaired) electrons. The molecule has 0 saturated carbocycles. The quantitative estimate of drug-likeness (QED) is 0.789. The van der Waals surface area contributed by atoms with Crippen LogP contribution < -0.4 is 14.8 Å². The SMILES string of the molecule is CN(C)S(=O)(=O)c1cccc(C(=O)Nc2cc3c(cc2Br)OCCO3)c1. The predicted molar refractivity (Wildman–Crippen MR) is 100 cm³/mol. The molecule has 1 aliphatic rings. The molecule has 0 spiro atoms. The van der Waals surface area contributed by atoms with E-state index in [1.165, 1.54) is 32.3 Å². The van der Waals surface area contributed by atoms with E-state index in [1.54, 1.807) is 18.2 Å². The van der Waals surface area contributed by atoms with Crippen molar-refractivity contribution in [3.63, 3.8) is 0 Å². The van der Waals surface area contributed by atoms with Crippen LogP contribution in [0.2, 0.25) is 0 Å². The molecule has 0 aliphatic carbocycles. The van der Waals surface area contributed by atoms with Gasteiger partial charge in [-0.2, -0.15) is 0 Å². The standard InChI is InChI=1S/C17H17BrN2O5S/c1-20(2)26(22,23)12-5-3-4-11(8-12)17(21)19-14-10-16-15(9-13(14)18)24-6-7-25-16/h3-5,8-10H,6-7H2,1-2H3,(H,19,21). The van der Waals surface area contributed by atoms with E-state index < -0.39 is 15.9 Å². The lowest BCUT2D eigenvalue weighted by molar-refractivity contribution is 0.102. The summed E-state index contributed by atoms with van der Waals surface area (Å²) in [6.45, 7) is 0.907. The number of hydrogen-bond acceptors (Lipinski definition) is 5. The van der Waals surface area contributed by atoms with Crippen LogP contribution in [0.15, 0.2) is 45.8 Å². The molecule has 1 N–H and O–H groups in total. The van der Waals surface area contributed by atoms with Crippen molar-refractivity contribution in [2.24, 2.45) is 0 Å². The number of rotatable bonds is 4. The van der Waals surface area contributed by atoms with Gasteiger partial charge in [0.25, 0.3) is 5.91 Å². The Morgan fingerprint density at radius 3 is 2.42 bits per heavy atom. The second kappa shape index (κ2) is 7.26. The van der Waals surface area contributed by atoms with Crippen LogP contribution >= 0.6 is 15.9 Å². The lowest BCUT2D eigenvalue weighted by Gasteiger charge is -2.20. The van der Waals surface area contributed by atoms with Crippen LogP contribution in [0.5, 0.6) is 11.5 Å². The molecule has 0 saturated heterocycles. The molecule has 0 fully saturated rings. The molecule has 138 valence electrons. The normalized spacial score (nSPS) is 13.5. The van der Waals surface area contributed by atoms with E-state index in [4.69, 9.17) is 9.47 Å². The van der Waals surface area contributed by atoms with Gasteiger partial charge in [-0.1, -0.05) is 6.07 Å². The van der Waals surface area contributed by atoms with Crippen LogP contribution in [0.25, 0.3) is 0 Å².